The lowest BCUT2D eigenvalue weighted by Gasteiger charge is -2.27. The van der Waals surface area contributed by atoms with Gasteiger partial charge in [-0.1, -0.05) is 66.8 Å². The highest BCUT2D eigenvalue weighted by Crippen LogP contribution is 2.37. The van der Waals surface area contributed by atoms with E-state index < -0.39 is 0 Å². The van der Waals surface area contributed by atoms with Gasteiger partial charge in [-0.05, 0) is 85.6 Å². The minimum atomic E-state index is 1.11. The van der Waals surface area contributed by atoms with Gasteiger partial charge in [-0.2, -0.15) is 0 Å². The molecule has 0 spiro atoms. The van der Waals surface area contributed by atoms with E-state index in [-0.39, 0.29) is 0 Å². The number of para-hydroxylation sites is 1. The first-order valence-electron chi connectivity index (χ1n) is 11.3. The van der Waals surface area contributed by atoms with Gasteiger partial charge in [0.15, 0.2) is 0 Å². The zero-order valence-electron chi connectivity index (χ0n) is 19.6. The van der Waals surface area contributed by atoms with E-state index in [0.717, 1.165) is 33.9 Å². The molecule has 0 N–H and O–H groups in total. The molecule has 33 heavy (non-hydrogen) atoms. The van der Waals surface area contributed by atoms with E-state index in [4.69, 9.17) is 0 Å². The molecule has 0 aliphatic rings. The first-order chi connectivity index (χ1) is 16.1. The van der Waals surface area contributed by atoms with Gasteiger partial charge in [0, 0.05) is 35.5 Å². The summed E-state index contributed by atoms with van der Waals surface area (Å²) in [5.74, 6) is 0. The van der Waals surface area contributed by atoms with Crippen LogP contribution in [0.5, 0.6) is 0 Å². The van der Waals surface area contributed by atoms with Crippen molar-refractivity contribution in [1.82, 2.24) is 0 Å². The van der Waals surface area contributed by atoms with Crippen LogP contribution in [0.4, 0.5) is 28.4 Å². The molecule has 0 aromatic heterocycles. The van der Waals surface area contributed by atoms with Crippen LogP contribution in [0.15, 0.2) is 110 Å². The lowest BCUT2D eigenvalue weighted by atomic mass is 10.0. The van der Waals surface area contributed by atoms with Crippen molar-refractivity contribution in [1.29, 1.82) is 0 Å². The predicted molar refractivity (Wildman–Crippen MR) is 145 cm³/mol. The molecule has 0 aliphatic carbocycles. The number of nitrogens with zero attached hydrogens (tertiary/aromatic N) is 2. The molecule has 0 unspecified atom stereocenters. The Kier molecular flexibility index (Phi) is 6.75. The molecule has 0 heterocycles. The molecule has 4 aromatic carbocycles. The van der Waals surface area contributed by atoms with Crippen LogP contribution in [-0.2, 0) is 0 Å². The third-order valence-electron chi connectivity index (χ3n) is 5.83. The Balaban J connectivity index is 1.74. The summed E-state index contributed by atoms with van der Waals surface area (Å²) in [6.07, 6.45) is 6.10. The van der Waals surface area contributed by atoms with E-state index in [1.807, 2.05) is 19.1 Å². The van der Waals surface area contributed by atoms with Crippen LogP contribution in [-0.4, -0.2) is 7.05 Å². The van der Waals surface area contributed by atoms with E-state index in [1.54, 1.807) is 0 Å². The lowest BCUT2D eigenvalue weighted by Crippen LogP contribution is -2.12. The van der Waals surface area contributed by atoms with Crippen LogP contribution in [0.1, 0.15) is 23.6 Å². The fraction of sp³-hybridized carbons (Fsp3) is 0.0968. The second-order valence-corrected chi connectivity index (χ2v) is 8.10. The van der Waals surface area contributed by atoms with Gasteiger partial charge >= 0.3 is 0 Å². The quantitative estimate of drug-likeness (QED) is 0.289. The van der Waals surface area contributed by atoms with Crippen molar-refractivity contribution in [3.63, 3.8) is 0 Å². The van der Waals surface area contributed by atoms with Crippen LogP contribution < -0.4 is 9.80 Å². The molecule has 0 radical (unpaired) electrons. The maximum Gasteiger partial charge on any atom is 0.0468 e. The topological polar surface area (TPSA) is 6.48 Å². The molecule has 0 bridgehead atoms. The normalized spacial score (nSPS) is 10.9. The maximum absolute atomic E-state index is 3.97. The van der Waals surface area contributed by atoms with E-state index in [0.29, 0.717) is 0 Å². The van der Waals surface area contributed by atoms with Crippen LogP contribution >= 0.6 is 0 Å². The highest BCUT2D eigenvalue weighted by atomic mass is 15.1. The number of anilines is 5. The van der Waals surface area contributed by atoms with E-state index in [1.165, 1.54) is 11.3 Å². The zero-order valence-corrected chi connectivity index (χ0v) is 19.6. The second kappa shape index (κ2) is 10.1. The summed E-state index contributed by atoms with van der Waals surface area (Å²) in [6, 6.07) is 34.3. The molecule has 4 rings (SSSR count). The SMILES string of the molecule is C=Cc1ccc(N(c2ccccc2)c2ccc(N(C)c3ccc(C)cc3)cc2)cc1/C=C\C. The summed E-state index contributed by atoms with van der Waals surface area (Å²) in [5, 5.41) is 0. The molecule has 4 aromatic rings. The molecular formula is C31H30N2. The number of rotatable bonds is 7. The Morgan fingerprint density at radius 2 is 1.18 bits per heavy atom. The van der Waals surface area contributed by atoms with Crippen molar-refractivity contribution in [3.05, 3.63) is 126 Å². The van der Waals surface area contributed by atoms with Gasteiger partial charge in [-0.3, -0.25) is 0 Å². The first kappa shape index (κ1) is 22.2. The van der Waals surface area contributed by atoms with Crippen LogP contribution in [0.3, 0.4) is 0 Å². The second-order valence-electron chi connectivity index (χ2n) is 8.10. The van der Waals surface area contributed by atoms with Gasteiger partial charge in [-0.15, -0.1) is 0 Å². The predicted octanol–water partition coefficient (Wildman–Crippen LogP) is 8.91. The molecule has 0 saturated carbocycles. The van der Waals surface area contributed by atoms with Gasteiger partial charge in [0.05, 0.1) is 0 Å². The molecule has 0 fully saturated rings. The van der Waals surface area contributed by atoms with Crippen molar-refractivity contribution in [2.45, 2.75) is 13.8 Å². The average Bonchev–Trinajstić information content (AvgIpc) is 2.86. The molecule has 0 saturated heterocycles. The first-order valence-corrected chi connectivity index (χ1v) is 11.3. The minimum absolute atomic E-state index is 1.11. The van der Waals surface area contributed by atoms with Crippen LogP contribution in [0, 0.1) is 6.92 Å². The largest absolute Gasteiger partial charge is 0.345 e. The monoisotopic (exact) mass is 430 g/mol. The van der Waals surface area contributed by atoms with Crippen molar-refractivity contribution < 1.29 is 0 Å². The Morgan fingerprint density at radius 1 is 0.636 bits per heavy atom. The molecular weight excluding hydrogens is 400 g/mol. The molecule has 0 amide bonds. The third kappa shape index (κ3) is 4.91. The fourth-order valence-corrected chi connectivity index (χ4v) is 3.98. The number of aryl methyl sites for hydroxylation is 1. The smallest absolute Gasteiger partial charge is 0.0468 e. The highest BCUT2D eigenvalue weighted by Gasteiger charge is 2.14. The minimum Gasteiger partial charge on any atom is -0.345 e. The van der Waals surface area contributed by atoms with Gasteiger partial charge < -0.3 is 9.80 Å². The van der Waals surface area contributed by atoms with Gasteiger partial charge in [0.1, 0.15) is 0 Å². The van der Waals surface area contributed by atoms with Crippen molar-refractivity contribution in [2.75, 3.05) is 16.8 Å². The summed E-state index contributed by atoms with van der Waals surface area (Å²) in [7, 11) is 2.10. The lowest BCUT2D eigenvalue weighted by molar-refractivity contribution is 1.20. The van der Waals surface area contributed by atoms with Gasteiger partial charge in [0.25, 0.3) is 0 Å². The van der Waals surface area contributed by atoms with Crippen LogP contribution in [0.2, 0.25) is 0 Å². The Hall–Kier alpha value is -4.04. The van der Waals surface area contributed by atoms with E-state index in [2.05, 4.69) is 133 Å². The molecule has 164 valence electrons. The summed E-state index contributed by atoms with van der Waals surface area (Å²) >= 11 is 0. The Labute approximate surface area is 197 Å². The van der Waals surface area contributed by atoms with Gasteiger partial charge in [-0.25, -0.2) is 0 Å². The van der Waals surface area contributed by atoms with Crippen LogP contribution in [0.25, 0.3) is 12.2 Å². The summed E-state index contributed by atoms with van der Waals surface area (Å²) < 4.78 is 0. The van der Waals surface area contributed by atoms with E-state index >= 15 is 0 Å². The number of hydrogen-bond acceptors (Lipinski definition) is 2. The zero-order chi connectivity index (χ0) is 23.2. The summed E-state index contributed by atoms with van der Waals surface area (Å²) in [5.41, 5.74) is 9.20. The van der Waals surface area contributed by atoms with E-state index in [9.17, 15) is 0 Å². The number of benzene rings is 4. The van der Waals surface area contributed by atoms with Crippen molar-refractivity contribution in [2.24, 2.45) is 0 Å². The molecule has 2 nitrogen and oxygen atoms in total. The van der Waals surface area contributed by atoms with Crippen molar-refractivity contribution >= 4 is 40.6 Å². The average molecular weight is 431 g/mol. The summed E-state index contributed by atoms with van der Waals surface area (Å²) in [4.78, 5) is 4.49. The third-order valence-corrected chi connectivity index (χ3v) is 5.83. The number of hydrogen-bond donors (Lipinski definition) is 0. The number of allylic oxidation sites excluding steroid dienone is 1. The fourth-order valence-electron chi connectivity index (χ4n) is 3.98. The molecule has 2 heteroatoms. The standard InChI is InChI=1S/C31H30N2/c1-5-10-26-23-31(18-15-25(26)6-2)33(29-11-8-7-9-12-29)30-21-19-28(20-22-30)32(4)27-16-13-24(3)14-17-27/h5-23H,2H2,1,3-4H3/b10-5-. The van der Waals surface area contributed by atoms with Crippen molar-refractivity contribution in [3.8, 4) is 0 Å². The summed E-state index contributed by atoms with van der Waals surface area (Å²) in [6.45, 7) is 8.12. The molecule has 0 aliphatic heterocycles. The Bertz CT molecular complexity index is 1240. The van der Waals surface area contributed by atoms with Gasteiger partial charge in [0.2, 0.25) is 0 Å². The highest BCUT2D eigenvalue weighted by molar-refractivity contribution is 5.80. The Morgan fingerprint density at radius 3 is 1.79 bits per heavy atom. The molecule has 0 atom stereocenters. The maximum atomic E-state index is 3.97.